The normalized spacial score (nSPS) is 47.5. The zero-order chi connectivity index (χ0) is 71.2. The highest BCUT2D eigenvalue weighted by Gasteiger charge is 2.83. The quantitative estimate of drug-likeness (QED) is 0.0527. The van der Waals surface area contributed by atoms with Crippen LogP contribution in [0.3, 0.4) is 0 Å². The maximum atomic E-state index is 13.7. The van der Waals surface area contributed by atoms with Gasteiger partial charge in [0.1, 0.15) is 12.2 Å². The van der Waals surface area contributed by atoms with Crippen LogP contribution < -0.4 is 0 Å². The predicted molar refractivity (Wildman–Crippen MR) is 377 cm³/mol. The molecule has 0 bridgehead atoms. The zero-order valence-corrected chi connectivity index (χ0v) is 61.8. The summed E-state index contributed by atoms with van der Waals surface area (Å²) < 4.78 is 47.0. The minimum absolute atomic E-state index is 0.0128. The molecule has 2 aromatic heterocycles. The van der Waals surface area contributed by atoms with Crippen LogP contribution in [0.4, 0.5) is 0 Å². The summed E-state index contributed by atoms with van der Waals surface area (Å²) in [5, 5.41) is 21.3. The van der Waals surface area contributed by atoms with Gasteiger partial charge in [0.05, 0.1) is 87.4 Å². The van der Waals surface area contributed by atoms with Gasteiger partial charge in [0.2, 0.25) is 0 Å². The van der Waals surface area contributed by atoms with Crippen molar-refractivity contribution in [1.82, 2.24) is 0 Å². The van der Waals surface area contributed by atoms with Crippen molar-refractivity contribution in [1.29, 1.82) is 0 Å². The summed E-state index contributed by atoms with van der Waals surface area (Å²) >= 11 is 0. The van der Waals surface area contributed by atoms with E-state index in [1.54, 1.807) is 43.3 Å². The fraction of sp³-hybridized carbons (Fsp3) is 0.682. The highest BCUT2D eigenvalue weighted by atomic mass is 16.6. The number of ketones is 2. The molecule has 6 heterocycles. The molecule has 0 amide bonds. The molecule has 100 heavy (non-hydrogen) atoms. The largest absolute Gasteiger partial charge is 0.472 e. The standard InChI is InChI=1S/C31H52O2.C27H28O7.C27H30O6/c1-20(2)21(3)8-9-22(4)23-12-14-29(7)25-11-10-24-27(5,19-32)26(33)13-15-30(24)18-31(25,30)17-16-28(23,29)6;1-14-16(15-6-9-31-12-15)11-17-20(14)27(4)18(7-10-32-13-28)26(3)19(29)5-8-25(2)22(26)21(23(27)33-17)34-24(25)30;1-15-17(16-6-9-30-12-16)11-18-21(15)27(4)19(7-10-31-14-28)26(3)20(29)5-8-25(2)13-32-22(23(25)26)24(27)33-18/h20,22-26,32-33H,3,8-19H2,1-2,4-7H3;5-6,8-9,11-13,17-18,21-23H,7,10H2,1-4H3;5-6,8-9,11-12,14,18-19,22-24H,7,10,13H2,1-4H3/t22-,23-,24+,25+,26+,27+,28-,29+,30-,31+;17-,18-,21-,22?,23-,25-,26+,27-;18-,19-,22-,23?,24-,25+,26+,27-/m111/s1. The Bertz CT molecular complexity index is 3880. The SMILES string of the molecule is C=C(CC[C@@H](C)[C@H]1CC[C@@]2(C)[C@@H]3CC[C@H]4[C@](C)(CO)[C@@H](O)CC[C@@]45C[C@@]35CC[C@]12C)C(C)C.CC1=C2[C@@H](C=C1c1ccoc1)O[C@@H]1[C@@H]3OC(=O)[C@]4(C)C=CC(=O)[C@@](C)(C34)[C@@H](CCOC=O)[C@]21C.CC1=C2[C@@H](C=C1c1ccoc1)O[C@@H]1[C@@H]3OC[C@]4(C)C=CC(=O)[C@@](C)(C34)[C@@H](CCOC=O)[C@]21C. The summed E-state index contributed by atoms with van der Waals surface area (Å²) in [5.41, 5.74) is 8.03. The molecule has 2 unspecified atom stereocenters. The first kappa shape index (κ1) is 70.0. The van der Waals surface area contributed by atoms with E-state index in [0.29, 0.717) is 65.9 Å². The zero-order valence-electron chi connectivity index (χ0n) is 61.8. The topological polar surface area (TPSA) is 207 Å². The number of aliphatic hydroxyl groups excluding tert-OH is 2. The molecule has 26 atom stereocenters. The Kier molecular flexibility index (Phi) is 16.6. The van der Waals surface area contributed by atoms with Crippen LogP contribution in [0.15, 0.2) is 117 Å². The number of fused-ring (bicyclic) bond motifs is 10. The smallest absolute Gasteiger partial charge is 0.316 e. The van der Waals surface area contributed by atoms with Gasteiger partial charge in [-0.1, -0.05) is 100 Å². The maximum Gasteiger partial charge on any atom is 0.316 e. The predicted octanol–water partition coefficient (Wildman–Crippen LogP) is 15.2. The van der Waals surface area contributed by atoms with E-state index in [2.05, 4.69) is 102 Å². The molecular formula is C85H110O15. The van der Waals surface area contributed by atoms with E-state index < -0.39 is 39.3 Å². The number of furan rings is 2. The van der Waals surface area contributed by atoms with Gasteiger partial charge < -0.3 is 47.5 Å². The lowest BCUT2D eigenvalue weighted by atomic mass is 9.41. The molecule has 2 aromatic rings. The van der Waals surface area contributed by atoms with E-state index in [0.717, 1.165) is 57.6 Å². The van der Waals surface area contributed by atoms with Crippen LogP contribution in [0.1, 0.15) is 192 Å². The molecule has 15 nitrogen and oxygen atoms in total. The Morgan fingerprint density at radius 2 is 1.22 bits per heavy atom. The molecular weight excluding hydrogens is 1260 g/mol. The van der Waals surface area contributed by atoms with E-state index >= 15 is 0 Å². The highest BCUT2D eigenvalue weighted by Crippen LogP contribution is 2.89. The number of hydrogen-bond donors (Lipinski definition) is 2. The van der Waals surface area contributed by atoms with Gasteiger partial charge in [-0.3, -0.25) is 24.0 Å². The minimum atomic E-state index is -0.902. The molecule has 15 aliphatic rings. The van der Waals surface area contributed by atoms with Gasteiger partial charge >= 0.3 is 5.97 Å². The molecule has 4 aliphatic heterocycles. The summed E-state index contributed by atoms with van der Waals surface area (Å²) in [7, 11) is 0. The van der Waals surface area contributed by atoms with Crippen LogP contribution in [0.2, 0.25) is 0 Å². The van der Waals surface area contributed by atoms with Gasteiger partial charge in [0, 0.05) is 55.5 Å². The minimum Gasteiger partial charge on any atom is -0.472 e. The van der Waals surface area contributed by atoms with E-state index in [1.165, 1.54) is 80.9 Å². The first-order valence-electron chi connectivity index (χ1n) is 38.0. The number of carbonyl (C=O) groups is 5. The number of hydrogen-bond acceptors (Lipinski definition) is 15. The average molecular weight is 1370 g/mol. The third-order valence-electron chi connectivity index (χ3n) is 32.6. The Hall–Kier alpha value is -5.71. The number of carbonyl (C=O) groups excluding carboxylic acids is 5. The Labute approximate surface area is 591 Å². The summed E-state index contributed by atoms with van der Waals surface area (Å²) in [6.07, 6.45) is 31.3. The van der Waals surface area contributed by atoms with Gasteiger partial charge in [-0.2, -0.15) is 0 Å². The van der Waals surface area contributed by atoms with Crippen molar-refractivity contribution in [2.24, 2.45) is 113 Å². The van der Waals surface area contributed by atoms with Crippen molar-refractivity contribution in [2.45, 2.75) is 223 Å². The molecule has 7 saturated carbocycles. The number of rotatable bonds is 16. The van der Waals surface area contributed by atoms with Crippen molar-refractivity contribution >= 4 is 41.6 Å². The van der Waals surface area contributed by atoms with Crippen molar-refractivity contribution < 1.29 is 71.4 Å². The summed E-state index contributed by atoms with van der Waals surface area (Å²) in [6, 6.07) is 3.88. The van der Waals surface area contributed by atoms with Crippen LogP contribution in [0, 0.1) is 113 Å². The van der Waals surface area contributed by atoms with Crippen molar-refractivity contribution in [3.05, 3.63) is 119 Å². The number of ether oxygens (including phenoxy) is 6. The van der Waals surface area contributed by atoms with Crippen LogP contribution in [0.5, 0.6) is 0 Å². The number of allylic oxidation sites excluding steroid dienone is 7. The lowest BCUT2D eigenvalue weighted by Gasteiger charge is -2.63. The molecule has 4 saturated heterocycles. The molecule has 0 aromatic carbocycles. The van der Waals surface area contributed by atoms with Crippen LogP contribution in [-0.2, 0) is 52.4 Å². The second-order valence-electron chi connectivity index (χ2n) is 36.4. The average Bonchev–Trinajstić information content (AvgIpc) is 1.47. The maximum absolute atomic E-state index is 13.7. The molecule has 2 N–H and O–H groups in total. The van der Waals surface area contributed by atoms with E-state index in [9.17, 15) is 34.2 Å². The molecule has 2 spiro atoms. The lowest BCUT2D eigenvalue weighted by molar-refractivity contribution is -0.186. The third kappa shape index (κ3) is 9.00. The summed E-state index contributed by atoms with van der Waals surface area (Å²) in [4.78, 5) is 62.5. The van der Waals surface area contributed by atoms with Gasteiger partial charge in [-0.05, 0) is 237 Å². The van der Waals surface area contributed by atoms with Crippen LogP contribution >= 0.6 is 0 Å². The van der Waals surface area contributed by atoms with Gasteiger partial charge in [-0.25, -0.2) is 0 Å². The third-order valence-corrected chi connectivity index (χ3v) is 32.6. The van der Waals surface area contributed by atoms with Crippen LogP contribution in [-0.4, -0.2) is 110 Å². The number of aliphatic hydroxyl groups is 2. The fourth-order valence-corrected chi connectivity index (χ4v) is 27.6. The fourth-order valence-electron chi connectivity index (χ4n) is 27.6. The summed E-state index contributed by atoms with van der Waals surface area (Å²) in [5.74, 6) is 2.77. The van der Waals surface area contributed by atoms with E-state index in [1.807, 2.05) is 32.1 Å². The van der Waals surface area contributed by atoms with Gasteiger partial charge in [0.15, 0.2) is 11.6 Å². The first-order valence-corrected chi connectivity index (χ1v) is 38.0. The molecule has 540 valence electrons. The Morgan fingerprint density at radius 3 is 1.77 bits per heavy atom. The van der Waals surface area contributed by atoms with Crippen molar-refractivity contribution in [3.8, 4) is 0 Å². The van der Waals surface area contributed by atoms with Crippen molar-refractivity contribution in [3.63, 3.8) is 0 Å². The van der Waals surface area contributed by atoms with Gasteiger partial charge in [-0.15, -0.1) is 0 Å². The van der Waals surface area contributed by atoms with E-state index in [4.69, 9.17) is 37.3 Å². The summed E-state index contributed by atoms with van der Waals surface area (Å²) in [6.45, 7) is 37.9. The second kappa shape index (κ2) is 23.7. The Balaban J connectivity index is 0.000000122. The van der Waals surface area contributed by atoms with E-state index in [-0.39, 0.29) is 102 Å². The first-order chi connectivity index (χ1) is 47.4. The molecule has 15 heteroatoms. The lowest BCUT2D eigenvalue weighted by Crippen LogP contribution is -2.66. The molecule has 11 fully saturated rings. The molecule has 11 aliphatic carbocycles. The second-order valence-corrected chi connectivity index (χ2v) is 36.4. The monoisotopic (exact) mass is 1370 g/mol. The Morgan fingerprint density at radius 1 is 0.670 bits per heavy atom. The highest BCUT2D eigenvalue weighted by molar-refractivity contribution is 6.01. The molecule has 17 rings (SSSR count). The van der Waals surface area contributed by atoms with Crippen molar-refractivity contribution in [2.75, 3.05) is 26.4 Å². The van der Waals surface area contributed by atoms with Gasteiger partial charge in [0.25, 0.3) is 12.9 Å². The molecule has 0 radical (unpaired) electrons. The number of esters is 1. The van der Waals surface area contributed by atoms with Crippen LogP contribution in [0.25, 0.3) is 11.1 Å².